The van der Waals surface area contributed by atoms with Gasteiger partial charge in [0.2, 0.25) is 17.7 Å². The molecule has 2 aliphatic rings. The molecule has 3 amide bonds. The van der Waals surface area contributed by atoms with E-state index in [9.17, 15) is 14.4 Å². The van der Waals surface area contributed by atoms with Gasteiger partial charge in [-0.1, -0.05) is 43.5 Å². The first kappa shape index (κ1) is 17.6. The Morgan fingerprint density at radius 1 is 1.16 bits per heavy atom. The summed E-state index contributed by atoms with van der Waals surface area (Å²) in [5.41, 5.74) is 1.67. The second-order valence-electron chi connectivity index (χ2n) is 7.48. The predicted molar refractivity (Wildman–Crippen MR) is 94.5 cm³/mol. The van der Waals surface area contributed by atoms with Crippen LogP contribution in [0.5, 0.6) is 0 Å². The smallest absolute Gasteiger partial charge is 0.242 e. The number of carbonyl (C=O) groups is 3. The SMILES string of the molecule is Cc1ccccc1CN(C)C(=O)CN1C(=O)CC2(CCCCC2)C1=O. The lowest BCUT2D eigenvalue weighted by atomic mass is 9.73. The third-order valence-corrected chi connectivity index (χ3v) is 5.69. The van der Waals surface area contributed by atoms with Crippen LogP contribution in [0.2, 0.25) is 0 Å². The van der Waals surface area contributed by atoms with Gasteiger partial charge in [0.25, 0.3) is 0 Å². The summed E-state index contributed by atoms with van der Waals surface area (Å²) in [4.78, 5) is 40.5. The molecule has 0 bridgehead atoms. The van der Waals surface area contributed by atoms with Crippen LogP contribution >= 0.6 is 0 Å². The van der Waals surface area contributed by atoms with E-state index in [0.717, 1.165) is 43.2 Å². The number of amides is 3. The highest BCUT2D eigenvalue weighted by Gasteiger charge is 2.51. The summed E-state index contributed by atoms with van der Waals surface area (Å²) in [6.07, 6.45) is 4.95. The molecule has 25 heavy (non-hydrogen) atoms. The summed E-state index contributed by atoms with van der Waals surface area (Å²) in [7, 11) is 1.72. The van der Waals surface area contributed by atoms with Gasteiger partial charge in [0.15, 0.2) is 0 Å². The predicted octanol–water partition coefficient (Wildman–Crippen LogP) is 2.66. The Kier molecular flexibility index (Phi) is 4.93. The Morgan fingerprint density at radius 2 is 1.84 bits per heavy atom. The lowest BCUT2D eigenvalue weighted by Gasteiger charge is -2.30. The second-order valence-corrected chi connectivity index (χ2v) is 7.48. The number of aryl methyl sites for hydroxylation is 1. The number of nitrogens with zero attached hydrogens (tertiary/aromatic N) is 2. The summed E-state index contributed by atoms with van der Waals surface area (Å²) in [6, 6.07) is 7.91. The van der Waals surface area contributed by atoms with E-state index in [-0.39, 0.29) is 30.7 Å². The minimum absolute atomic E-state index is 0.130. The molecule has 134 valence electrons. The molecule has 5 heteroatoms. The Bertz CT molecular complexity index is 692. The summed E-state index contributed by atoms with van der Waals surface area (Å²) in [5.74, 6) is -0.516. The Hall–Kier alpha value is -2.17. The molecule has 1 aromatic carbocycles. The maximum atomic E-state index is 12.8. The van der Waals surface area contributed by atoms with Crippen LogP contribution in [0, 0.1) is 12.3 Å². The molecule has 1 heterocycles. The third-order valence-electron chi connectivity index (χ3n) is 5.69. The molecule has 1 spiro atoms. The Morgan fingerprint density at radius 3 is 2.52 bits per heavy atom. The van der Waals surface area contributed by atoms with E-state index < -0.39 is 5.41 Å². The molecule has 2 fully saturated rings. The van der Waals surface area contributed by atoms with E-state index in [0.29, 0.717) is 6.54 Å². The number of benzene rings is 1. The molecule has 0 N–H and O–H groups in total. The van der Waals surface area contributed by atoms with Crippen LogP contribution in [0.4, 0.5) is 0 Å². The fraction of sp³-hybridized carbons (Fsp3) is 0.550. The van der Waals surface area contributed by atoms with Crippen molar-refractivity contribution >= 4 is 17.7 Å². The summed E-state index contributed by atoms with van der Waals surface area (Å²) >= 11 is 0. The van der Waals surface area contributed by atoms with Gasteiger partial charge in [0, 0.05) is 20.0 Å². The summed E-state index contributed by atoms with van der Waals surface area (Å²) in [6.45, 7) is 2.35. The van der Waals surface area contributed by atoms with Crippen LogP contribution in [0.3, 0.4) is 0 Å². The van der Waals surface area contributed by atoms with Crippen LogP contribution in [-0.4, -0.2) is 41.1 Å². The molecule has 1 aliphatic heterocycles. The largest absolute Gasteiger partial charge is 0.340 e. The average molecular weight is 342 g/mol. The van der Waals surface area contributed by atoms with Crippen LogP contribution in [0.15, 0.2) is 24.3 Å². The lowest BCUT2D eigenvalue weighted by molar-refractivity contribution is -0.147. The highest BCUT2D eigenvalue weighted by atomic mass is 16.2. The van der Waals surface area contributed by atoms with Gasteiger partial charge in [-0.3, -0.25) is 19.3 Å². The zero-order valence-corrected chi connectivity index (χ0v) is 15.1. The van der Waals surface area contributed by atoms with E-state index in [1.807, 2.05) is 31.2 Å². The van der Waals surface area contributed by atoms with Crippen LogP contribution < -0.4 is 0 Å². The molecule has 1 aromatic rings. The monoisotopic (exact) mass is 342 g/mol. The topological polar surface area (TPSA) is 57.7 Å². The number of likely N-dealkylation sites (tertiary alicyclic amines) is 1. The van der Waals surface area contributed by atoms with Gasteiger partial charge >= 0.3 is 0 Å². The first-order valence-corrected chi connectivity index (χ1v) is 9.06. The Labute approximate surface area is 149 Å². The van der Waals surface area contributed by atoms with Crippen molar-refractivity contribution in [2.75, 3.05) is 13.6 Å². The van der Waals surface area contributed by atoms with E-state index in [1.54, 1.807) is 11.9 Å². The maximum absolute atomic E-state index is 12.8. The molecule has 1 aliphatic carbocycles. The fourth-order valence-corrected chi connectivity index (χ4v) is 4.03. The fourth-order valence-electron chi connectivity index (χ4n) is 4.03. The normalized spacial score (nSPS) is 19.5. The minimum atomic E-state index is -0.524. The maximum Gasteiger partial charge on any atom is 0.242 e. The zero-order valence-electron chi connectivity index (χ0n) is 15.1. The molecule has 0 aromatic heterocycles. The van der Waals surface area contributed by atoms with Crippen molar-refractivity contribution in [3.63, 3.8) is 0 Å². The molecule has 5 nitrogen and oxygen atoms in total. The van der Waals surface area contributed by atoms with Gasteiger partial charge in [0.05, 0.1) is 5.41 Å². The van der Waals surface area contributed by atoms with E-state index >= 15 is 0 Å². The molecule has 0 radical (unpaired) electrons. The van der Waals surface area contributed by atoms with Crippen molar-refractivity contribution in [3.8, 4) is 0 Å². The van der Waals surface area contributed by atoms with Crippen molar-refractivity contribution in [2.24, 2.45) is 5.41 Å². The average Bonchev–Trinajstić information content (AvgIpc) is 2.81. The van der Waals surface area contributed by atoms with Crippen LogP contribution in [0.25, 0.3) is 0 Å². The first-order chi connectivity index (χ1) is 11.9. The number of imide groups is 1. The summed E-state index contributed by atoms with van der Waals surface area (Å²) in [5, 5.41) is 0. The Balaban J connectivity index is 1.65. The number of rotatable bonds is 4. The molecule has 0 atom stereocenters. The van der Waals surface area contributed by atoms with E-state index in [1.165, 1.54) is 4.90 Å². The summed E-state index contributed by atoms with van der Waals surface area (Å²) < 4.78 is 0. The molecular formula is C20H26N2O3. The number of likely N-dealkylation sites (N-methyl/N-ethyl adjacent to an activating group) is 1. The molecule has 1 saturated carbocycles. The van der Waals surface area contributed by atoms with Crippen molar-refractivity contribution in [1.29, 1.82) is 0 Å². The van der Waals surface area contributed by atoms with Crippen molar-refractivity contribution in [1.82, 2.24) is 9.80 Å². The lowest BCUT2D eigenvalue weighted by Crippen LogP contribution is -2.43. The molecule has 3 rings (SSSR count). The van der Waals surface area contributed by atoms with Crippen LogP contribution in [-0.2, 0) is 20.9 Å². The third kappa shape index (κ3) is 3.46. The van der Waals surface area contributed by atoms with Gasteiger partial charge < -0.3 is 4.90 Å². The molecule has 0 unspecified atom stereocenters. The molecular weight excluding hydrogens is 316 g/mol. The highest BCUT2D eigenvalue weighted by molar-refractivity contribution is 6.08. The zero-order chi connectivity index (χ0) is 18.0. The highest BCUT2D eigenvalue weighted by Crippen LogP contribution is 2.45. The molecule has 1 saturated heterocycles. The van der Waals surface area contributed by atoms with Gasteiger partial charge in [-0.2, -0.15) is 0 Å². The van der Waals surface area contributed by atoms with Gasteiger partial charge in [-0.25, -0.2) is 0 Å². The minimum Gasteiger partial charge on any atom is -0.340 e. The standard InChI is InChI=1S/C20H26N2O3/c1-15-8-4-5-9-16(15)13-21(2)18(24)14-22-17(23)12-20(19(22)25)10-6-3-7-11-20/h4-5,8-9H,3,6-7,10-14H2,1-2H3. The van der Waals surface area contributed by atoms with Crippen LogP contribution in [0.1, 0.15) is 49.7 Å². The first-order valence-electron chi connectivity index (χ1n) is 9.06. The van der Waals surface area contributed by atoms with Gasteiger partial charge in [-0.15, -0.1) is 0 Å². The quantitative estimate of drug-likeness (QED) is 0.791. The number of hydrogen-bond acceptors (Lipinski definition) is 3. The van der Waals surface area contributed by atoms with Gasteiger partial charge in [-0.05, 0) is 30.9 Å². The van der Waals surface area contributed by atoms with Crippen molar-refractivity contribution in [3.05, 3.63) is 35.4 Å². The van der Waals surface area contributed by atoms with Crippen molar-refractivity contribution < 1.29 is 14.4 Å². The van der Waals surface area contributed by atoms with Gasteiger partial charge in [0.1, 0.15) is 6.54 Å². The van der Waals surface area contributed by atoms with Crippen molar-refractivity contribution in [2.45, 2.75) is 52.0 Å². The van der Waals surface area contributed by atoms with E-state index in [2.05, 4.69) is 0 Å². The van der Waals surface area contributed by atoms with E-state index in [4.69, 9.17) is 0 Å². The second kappa shape index (κ2) is 6.98. The number of hydrogen-bond donors (Lipinski definition) is 0. The number of carbonyl (C=O) groups excluding carboxylic acids is 3.